The SMILES string of the molecule is CSCC[C@@H](C(=O)O)N1C(=O)/C(=C\c2ccc(-c3cc(Cl)ccc3Cl)o2)SC1=S. The van der Waals surface area contributed by atoms with E-state index in [1.807, 2.05) is 6.26 Å². The highest BCUT2D eigenvalue weighted by atomic mass is 35.5. The van der Waals surface area contributed by atoms with Crippen LogP contribution in [0.4, 0.5) is 0 Å². The first-order valence-electron chi connectivity index (χ1n) is 8.36. The predicted molar refractivity (Wildman–Crippen MR) is 124 cm³/mol. The van der Waals surface area contributed by atoms with Crippen molar-refractivity contribution in [3.8, 4) is 11.3 Å². The summed E-state index contributed by atoms with van der Waals surface area (Å²) >= 11 is 20.1. The van der Waals surface area contributed by atoms with Crippen LogP contribution in [0.3, 0.4) is 0 Å². The van der Waals surface area contributed by atoms with Gasteiger partial charge in [0, 0.05) is 16.7 Å². The van der Waals surface area contributed by atoms with Gasteiger partial charge in [-0.3, -0.25) is 9.69 Å². The largest absolute Gasteiger partial charge is 0.480 e. The smallest absolute Gasteiger partial charge is 0.326 e. The van der Waals surface area contributed by atoms with Gasteiger partial charge in [0.05, 0.1) is 9.93 Å². The van der Waals surface area contributed by atoms with E-state index < -0.39 is 17.9 Å². The number of furan rings is 1. The number of carboxylic acid groups (broad SMARTS) is 1. The van der Waals surface area contributed by atoms with Crippen LogP contribution in [-0.4, -0.2) is 44.3 Å². The van der Waals surface area contributed by atoms with Crippen molar-refractivity contribution in [2.45, 2.75) is 12.5 Å². The molecule has 0 unspecified atom stereocenters. The molecule has 1 aliphatic heterocycles. The first-order valence-corrected chi connectivity index (χ1v) is 11.7. The molecule has 1 saturated heterocycles. The molecule has 1 aliphatic rings. The van der Waals surface area contributed by atoms with Crippen LogP contribution in [0.2, 0.25) is 10.0 Å². The summed E-state index contributed by atoms with van der Waals surface area (Å²) in [5, 5.41) is 10.5. The van der Waals surface area contributed by atoms with E-state index in [1.165, 1.54) is 16.7 Å². The van der Waals surface area contributed by atoms with Gasteiger partial charge in [0.25, 0.3) is 5.91 Å². The Morgan fingerprint density at radius 1 is 1.38 bits per heavy atom. The molecule has 1 fully saturated rings. The molecule has 29 heavy (non-hydrogen) atoms. The predicted octanol–water partition coefficient (Wildman–Crippen LogP) is 5.66. The zero-order valence-electron chi connectivity index (χ0n) is 15.1. The summed E-state index contributed by atoms with van der Waals surface area (Å²) in [5.41, 5.74) is 0.634. The quantitative estimate of drug-likeness (QED) is 0.398. The molecule has 1 atom stereocenters. The van der Waals surface area contributed by atoms with Crippen LogP contribution in [0, 0.1) is 0 Å². The van der Waals surface area contributed by atoms with Crippen molar-refractivity contribution in [3.63, 3.8) is 0 Å². The maximum absolute atomic E-state index is 12.8. The van der Waals surface area contributed by atoms with Gasteiger partial charge in [0.1, 0.15) is 21.9 Å². The van der Waals surface area contributed by atoms with Crippen LogP contribution >= 0.6 is 58.9 Å². The Morgan fingerprint density at radius 2 is 2.14 bits per heavy atom. The van der Waals surface area contributed by atoms with E-state index in [4.69, 9.17) is 39.8 Å². The van der Waals surface area contributed by atoms with E-state index in [9.17, 15) is 14.7 Å². The Bertz CT molecular complexity index is 1010. The molecule has 0 aliphatic carbocycles. The van der Waals surface area contributed by atoms with Gasteiger partial charge in [0.15, 0.2) is 0 Å². The molecule has 1 aromatic heterocycles. The van der Waals surface area contributed by atoms with Crippen LogP contribution < -0.4 is 0 Å². The average Bonchev–Trinajstić information content (AvgIpc) is 3.23. The van der Waals surface area contributed by atoms with Crippen molar-refractivity contribution in [3.05, 3.63) is 51.0 Å². The van der Waals surface area contributed by atoms with Gasteiger partial charge in [0.2, 0.25) is 0 Å². The van der Waals surface area contributed by atoms with Crippen molar-refractivity contribution in [2.75, 3.05) is 12.0 Å². The molecule has 0 bridgehead atoms. The third-order valence-electron chi connectivity index (χ3n) is 4.11. The Hall–Kier alpha value is -1.45. The summed E-state index contributed by atoms with van der Waals surface area (Å²) in [6.45, 7) is 0. The van der Waals surface area contributed by atoms with Crippen LogP contribution in [0.5, 0.6) is 0 Å². The average molecular weight is 488 g/mol. The summed E-state index contributed by atoms with van der Waals surface area (Å²) in [4.78, 5) is 25.9. The second-order valence-electron chi connectivity index (χ2n) is 6.01. The lowest BCUT2D eigenvalue weighted by atomic mass is 10.2. The van der Waals surface area contributed by atoms with Crippen molar-refractivity contribution >= 4 is 81.2 Å². The molecule has 3 rings (SSSR count). The van der Waals surface area contributed by atoms with E-state index in [1.54, 1.807) is 36.4 Å². The van der Waals surface area contributed by atoms with Gasteiger partial charge >= 0.3 is 5.97 Å². The standard InChI is InChI=1S/C19H15Cl2NO4S3/c1-28-7-6-14(18(24)25)22-17(23)16(29-19(22)27)9-11-3-5-15(26-11)12-8-10(20)2-4-13(12)21/h2-5,8-9,14H,6-7H2,1H3,(H,24,25)/b16-9+/t14-/m0/s1. The molecule has 0 spiro atoms. The van der Waals surface area contributed by atoms with Gasteiger partial charge < -0.3 is 9.52 Å². The highest BCUT2D eigenvalue weighted by Gasteiger charge is 2.40. The minimum absolute atomic E-state index is 0.222. The van der Waals surface area contributed by atoms with Crippen LogP contribution in [0.15, 0.2) is 39.7 Å². The fourth-order valence-corrected chi connectivity index (χ4v) is 4.91. The first-order chi connectivity index (χ1) is 13.8. The lowest BCUT2D eigenvalue weighted by Gasteiger charge is -2.22. The fraction of sp³-hybridized carbons (Fsp3) is 0.211. The van der Waals surface area contributed by atoms with Crippen LogP contribution in [-0.2, 0) is 9.59 Å². The van der Waals surface area contributed by atoms with Gasteiger partial charge in [-0.05, 0) is 48.8 Å². The van der Waals surface area contributed by atoms with E-state index in [0.717, 1.165) is 11.8 Å². The summed E-state index contributed by atoms with van der Waals surface area (Å²) < 4.78 is 6.01. The molecule has 10 heteroatoms. The molecule has 1 N–H and O–H groups in total. The highest BCUT2D eigenvalue weighted by Crippen LogP contribution is 2.37. The number of hydrogen-bond acceptors (Lipinski definition) is 6. The normalized spacial score (nSPS) is 16.7. The van der Waals surface area contributed by atoms with Gasteiger partial charge in [-0.2, -0.15) is 11.8 Å². The molecule has 1 amide bonds. The summed E-state index contributed by atoms with van der Waals surface area (Å²) in [7, 11) is 0. The second kappa shape index (κ2) is 9.57. The molecule has 152 valence electrons. The number of carbonyl (C=O) groups excluding carboxylic acids is 1. The van der Waals surface area contributed by atoms with Crippen molar-refractivity contribution in [1.82, 2.24) is 4.90 Å². The number of halogens is 2. The fourth-order valence-electron chi connectivity index (χ4n) is 2.73. The molecular formula is C19H15Cl2NO4S3. The summed E-state index contributed by atoms with van der Waals surface area (Å²) in [5.74, 6) is 0.0181. The number of amides is 1. The number of nitrogens with zero attached hydrogens (tertiary/aromatic N) is 1. The first kappa shape index (κ1) is 22.2. The van der Waals surface area contributed by atoms with Crippen molar-refractivity contribution in [2.24, 2.45) is 0 Å². The Kier molecular flexibility index (Phi) is 7.34. The highest BCUT2D eigenvalue weighted by molar-refractivity contribution is 8.26. The number of hydrogen-bond donors (Lipinski definition) is 1. The molecule has 0 saturated carbocycles. The number of thioether (sulfide) groups is 2. The second-order valence-corrected chi connectivity index (χ2v) is 9.52. The summed E-state index contributed by atoms with van der Waals surface area (Å²) in [6.07, 6.45) is 3.74. The number of carbonyl (C=O) groups is 2. The molecule has 1 aromatic carbocycles. The maximum Gasteiger partial charge on any atom is 0.326 e. The minimum Gasteiger partial charge on any atom is -0.480 e. The number of aliphatic carboxylic acids is 1. The monoisotopic (exact) mass is 487 g/mol. The number of rotatable bonds is 7. The van der Waals surface area contributed by atoms with E-state index in [2.05, 4.69) is 0 Å². The van der Waals surface area contributed by atoms with E-state index in [-0.39, 0.29) is 4.32 Å². The third kappa shape index (κ3) is 5.00. The lowest BCUT2D eigenvalue weighted by molar-refractivity contribution is -0.145. The van der Waals surface area contributed by atoms with E-state index in [0.29, 0.717) is 44.2 Å². The molecule has 2 heterocycles. The van der Waals surface area contributed by atoms with Gasteiger partial charge in [-0.1, -0.05) is 47.2 Å². The zero-order chi connectivity index (χ0) is 21.1. The molecule has 5 nitrogen and oxygen atoms in total. The van der Waals surface area contributed by atoms with Crippen LogP contribution in [0.1, 0.15) is 12.2 Å². The molecular weight excluding hydrogens is 473 g/mol. The summed E-state index contributed by atoms with van der Waals surface area (Å²) in [6, 6.07) is 7.48. The van der Waals surface area contributed by atoms with E-state index >= 15 is 0 Å². The Labute approximate surface area is 191 Å². The molecule has 2 aromatic rings. The maximum atomic E-state index is 12.8. The van der Waals surface area contributed by atoms with Crippen molar-refractivity contribution in [1.29, 1.82) is 0 Å². The number of thiocarbonyl (C=S) groups is 1. The van der Waals surface area contributed by atoms with Crippen molar-refractivity contribution < 1.29 is 19.1 Å². The third-order valence-corrected chi connectivity index (χ3v) is 6.65. The lowest BCUT2D eigenvalue weighted by Crippen LogP contribution is -2.44. The Balaban J connectivity index is 1.85. The minimum atomic E-state index is -1.08. The molecule has 0 radical (unpaired) electrons. The number of benzene rings is 1. The number of carboxylic acids is 1. The van der Waals surface area contributed by atoms with Gasteiger partial charge in [-0.15, -0.1) is 0 Å². The Morgan fingerprint density at radius 3 is 2.83 bits per heavy atom. The van der Waals surface area contributed by atoms with Crippen LogP contribution in [0.25, 0.3) is 17.4 Å². The van der Waals surface area contributed by atoms with Gasteiger partial charge in [-0.25, -0.2) is 4.79 Å². The topological polar surface area (TPSA) is 70.8 Å². The zero-order valence-corrected chi connectivity index (χ0v) is 19.0.